The van der Waals surface area contributed by atoms with Gasteiger partial charge in [0.1, 0.15) is 17.5 Å². The molecule has 1 aliphatic rings. The van der Waals surface area contributed by atoms with Gasteiger partial charge in [0.15, 0.2) is 17.2 Å². The highest BCUT2D eigenvalue weighted by Crippen LogP contribution is 2.22. The van der Waals surface area contributed by atoms with Crippen molar-refractivity contribution < 1.29 is 9.59 Å². The van der Waals surface area contributed by atoms with Gasteiger partial charge in [0, 0.05) is 39.1 Å². The number of anilines is 3. The Morgan fingerprint density at radius 1 is 1.12 bits per heavy atom. The smallest absolute Gasteiger partial charge is 0.279 e. The Balaban J connectivity index is 1.49. The number of nitrogens with zero attached hydrogens (tertiary/aromatic N) is 6. The lowest BCUT2D eigenvalue weighted by Gasteiger charge is -2.35. The molecule has 0 aliphatic carbocycles. The number of pyridine rings is 2. The first-order valence-electron chi connectivity index (χ1n) is 10.5. The van der Waals surface area contributed by atoms with Gasteiger partial charge in [-0.2, -0.15) is 0 Å². The molecular weight excluding hydrogens is 438 g/mol. The first-order valence-corrected chi connectivity index (χ1v) is 10.5. The predicted octanol–water partition coefficient (Wildman–Crippen LogP) is 0.631. The van der Waals surface area contributed by atoms with Crippen LogP contribution < -0.4 is 21.5 Å². The molecule has 5 rings (SSSR count). The molecule has 2 amide bonds. The molecule has 0 saturated carbocycles. The maximum atomic E-state index is 13.0. The van der Waals surface area contributed by atoms with E-state index >= 15 is 0 Å². The summed E-state index contributed by atoms with van der Waals surface area (Å²) in [5, 5.41) is 13.2. The highest BCUT2D eigenvalue weighted by atomic mass is 16.2. The standard InChI is InChI=1S/C22H21N9O3/c1-23-14-10-17(26-13-6-5-9-30(22(13)34)18-7-3-4-8-24-18)28-31-16(11-25-19(14)31)20(32)27-15-12-29(2)21(15)33/h3-11,15,23H,12H2,1-2H3,(H,26,28)(H,27,32)/t15-/m1/s1. The monoisotopic (exact) mass is 459 g/mol. The van der Waals surface area contributed by atoms with Crippen LogP contribution in [0.4, 0.5) is 17.2 Å². The van der Waals surface area contributed by atoms with E-state index in [1.807, 2.05) is 0 Å². The molecule has 1 aliphatic heterocycles. The number of amides is 2. The first kappa shape index (κ1) is 21.1. The Morgan fingerprint density at radius 3 is 2.68 bits per heavy atom. The lowest BCUT2D eigenvalue weighted by Crippen LogP contribution is -2.62. The molecular formula is C22H21N9O3. The van der Waals surface area contributed by atoms with Crippen LogP contribution in [0, 0.1) is 0 Å². The summed E-state index contributed by atoms with van der Waals surface area (Å²) < 4.78 is 2.79. The fourth-order valence-electron chi connectivity index (χ4n) is 3.71. The molecule has 0 aromatic carbocycles. The second-order valence-electron chi connectivity index (χ2n) is 7.73. The van der Waals surface area contributed by atoms with Crippen molar-refractivity contribution in [2.75, 3.05) is 31.3 Å². The van der Waals surface area contributed by atoms with Gasteiger partial charge < -0.3 is 20.9 Å². The van der Waals surface area contributed by atoms with Crippen LogP contribution in [0.5, 0.6) is 0 Å². The van der Waals surface area contributed by atoms with E-state index in [4.69, 9.17) is 0 Å². The summed E-state index contributed by atoms with van der Waals surface area (Å²) in [5.41, 5.74) is 1.14. The number of carbonyl (C=O) groups is 2. The molecule has 172 valence electrons. The number of aromatic nitrogens is 5. The van der Waals surface area contributed by atoms with E-state index in [2.05, 4.69) is 31.0 Å². The molecule has 34 heavy (non-hydrogen) atoms. The molecule has 4 aromatic rings. The summed E-state index contributed by atoms with van der Waals surface area (Å²) in [7, 11) is 3.39. The van der Waals surface area contributed by atoms with Crippen molar-refractivity contribution >= 4 is 34.7 Å². The van der Waals surface area contributed by atoms with Gasteiger partial charge in [-0.1, -0.05) is 6.07 Å². The Kier molecular flexibility index (Phi) is 5.17. The first-order chi connectivity index (χ1) is 16.5. The Labute approximate surface area is 193 Å². The number of hydrogen-bond acceptors (Lipinski definition) is 8. The van der Waals surface area contributed by atoms with E-state index in [1.54, 1.807) is 62.9 Å². The van der Waals surface area contributed by atoms with Gasteiger partial charge >= 0.3 is 0 Å². The molecule has 3 N–H and O–H groups in total. The third-order valence-corrected chi connectivity index (χ3v) is 5.51. The van der Waals surface area contributed by atoms with Crippen molar-refractivity contribution in [2.45, 2.75) is 6.04 Å². The van der Waals surface area contributed by atoms with Crippen LogP contribution in [0.15, 0.2) is 59.8 Å². The van der Waals surface area contributed by atoms with Gasteiger partial charge in [0.2, 0.25) is 5.91 Å². The van der Waals surface area contributed by atoms with Crippen LogP contribution in [0.2, 0.25) is 0 Å². The van der Waals surface area contributed by atoms with Gasteiger partial charge in [0.25, 0.3) is 11.5 Å². The fraction of sp³-hybridized carbons (Fsp3) is 0.182. The Bertz CT molecular complexity index is 1460. The molecule has 1 saturated heterocycles. The largest absolute Gasteiger partial charge is 0.385 e. The Morgan fingerprint density at radius 2 is 1.97 bits per heavy atom. The molecule has 4 aromatic heterocycles. The summed E-state index contributed by atoms with van der Waals surface area (Å²) in [6.45, 7) is 0.444. The van der Waals surface area contributed by atoms with E-state index in [-0.39, 0.29) is 22.8 Å². The SMILES string of the molecule is CNc1cc(Nc2cccn(-c3ccccn3)c2=O)nn2c(C(=O)N[C@@H]3CN(C)C3=O)cnc12. The highest BCUT2D eigenvalue weighted by molar-refractivity contribution is 5.99. The van der Waals surface area contributed by atoms with E-state index < -0.39 is 11.9 Å². The van der Waals surface area contributed by atoms with E-state index in [1.165, 1.54) is 20.2 Å². The number of nitrogens with one attached hydrogen (secondary N) is 3. The van der Waals surface area contributed by atoms with Crippen LogP contribution in [-0.4, -0.2) is 67.5 Å². The quantitative estimate of drug-likeness (QED) is 0.357. The van der Waals surface area contributed by atoms with Gasteiger partial charge in [-0.3, -0.25) is 19.0 Å². The molecule has 0 bridgehead atoms. The second kappa shape index (κ2) is 8.31. The zero-order valence-electron chi connectivity index (χ0n) is 18.4. The van der Waals surface area contributed by atoms with E-state index in [0.29, 0.717) is 29.5 Å². The fourth-order valence-corrected chi connectivity index (χ4v) is 3.71. The Hall–Kier alpha value is -4.74. The lowest BCUT2D eigenvalue weighted by atomic mass is 10.1. The van der Waals surface area contributed by atoms with Crippen LogP contribution in [0.3, 0.4) is 0 Å². The average Bonchev–Trinajstić information content (AvgIpc) is 3.29. The zero-order chi connectivity index (χ0) is 23.8. The third kappa shape index (κ3) is 3.60. The summed E-state index contributed by atoms with van der Waals surface area (Å²) in [4.78, 5) is 47.8. The molecule has 0 unspecified atom stereocenters. The minimum Gasteiger partial charge on any atom is -0.385 e. The molecule has 0 spiro atoms. The zero-order valence-corrected chi connectivity index (χ0v) is 18.4. The third-order valence-electron chi connectivity index (χ3n) is 5.51. The minimum atomic E-state index is -0.567. The van der Waals surface area contributed by atoms with Crippen LogP contribution in [0.1, 0.15) is 10.5 Å². The number of carbonyl (C=O) groups excluding carboxylic acids is 2. The van der Waals surface area contributed by atoms with Crippen LogP contribution in [-0.2, 0) is 4.79 Å². The second-order valence-corrected chi connectivity index (χ2v) is 7.73. The summed E-state index contributed by atoms with van der Waals surface area (Å²) >= 11 is 0. The van der Waals surface area contributed by atoms with Crippen molar-refractivity contribution in [2.24, 2.45) is 0 Å². The number of likely N-dealkylation sites (tertiary alicyclic amines) is 1. The summed E-state index contributed by atoms with van der Waals surface area (Å²) in [6, 6.07) is 9.77. The topological polar surface area (TPSA) is 139 Å². The van der Waals surface area contributed by atoms with E-state index in [9.17, 15) is 14.4 Å². The van der Waals surface area contributed by atoms with Crippen LogP contribution in [0.25, 0.3) is 11.5 Å². The molecule has 12 heteroatoms. The van der Waals surface area contributed by atoms with Crippen molar-refractivity contribution in [1.29, 1.82) is 0 Å². The molecule has 5 heterocycles. The maximum Gasteiger partial charge on any atom is 0.279 e. The molecule has 12 nitrogen and oxygen atoms in total. The number of likely N-dealkylation sites (N-methyl/N-ethyl adjacent to an activating group) is 1. The lowest BCUT2D eigenvalue weighted by molar-refractivity contribution is -0.141. The summed E-state index contributed by atoms with van der Waals surface area (Å²) in [6.07, 6.45) is 4.63. The number of hydrogen-bond donors (Lipinski definition) is 3. The van der Waals surface area contributed by atoms with Crippen molar-refractivity contribution in [3.63, 3.8) is 0 Å². The highest BCUT2D eigenvalue weighted by Gasteiger charge is 2.35. The van der Waals surface area contributed by atoms with Gasteiger partial charge in [-0.25, -0.2) is 14.5 Å². The van der Waals surface area contributed by atoms with Gasteiger partial charge in [0.05, 0.1) is 11.9 Å². The minimum absolute atomic E-state index is 0.151. The van der Waals surface area contributed by atoms with Crippen LogP contribution >= 0.6 is 0 Å². The number of β-lactam (4-membered cyclic amide) rings is 1. The van der Waals surface area contributed by atoms with E-state index in [0.717, 1.165) is 0 Å². The summed E-state index contributed by atoms with van der Waals surface area (Å²) in [5.74, 6) is 0.184. The van der Waals surface area contributed by atoms with Gasteiger partial charge in [-0.05, 0) is 24.3 Å². The molecule has 0 radical (unpaired) electrons. The van der Waals surface area contributed by atoms with Crippen molar-refractivity contribution in [1.82, 2.24) is 34.4 Å². The maximum absolute atomic E-state index is 13.0. The number of fused-ring (bicyclic) bond motifs is 1. The molecule has 1 atom stereocenters. The van der Waals surface area contributed by atoms with Crippen molar-refractivity contribution in [3.8, 4) is 5.82 Å². The van der Waals surface area contributed by atoms with Gasteiger partial charge in [-0.15, -0.1) is 5.10 Å². The predicted molar refractivity (Wildman–Crippen MR) is 125 cm³/mol. The molecule has 1 fully saturated rings. The number of rotatable bonds is 6. The van der Waals surface area contributed by atoms with Crippen molar-refractivity contribution in [3.05, 3.63) is 71.0 Å². The normalized spacial score (nSPS) is 15.2. The number of imidazole rings is 1. The average molecular weight is 459 g/mol.